The van der Waals surface area contributed by atoms with Gasteiger partial charge in [0.15, 0.2) is 0 Å². The second-order valence-corrected chi connectivity index (χ2v) is 12.1. The topological polar surface area (TPSA) is 153 Å². The van der Waals surface area contributed by atoms with Crippen LogP contribution in [-0.2, 0) is 26.0 Å². The molecular formula is C21H26ClN7O4S. The van der Waals surface area contributed by atoms with Gasteiger partial charge in [0.05, 0.1) is 23.2 Å². The first-order chi connectivity index (χ1) is 16.2. The summed E-state index contributed by atoms with van der Waals surface area (Å²) in [4.78, 5) is 28.1. The molecule has 2 amide bonds. The number of nitrogens with zero attached hydrogens (tertiary/aromatic N) is 5. The zero-order valence-corrected chi connectivity index (χ0v) is 20.0. The fraction of sp³-hybridized carbons (Fsp3) is 0.571. The van der Waals surface area contributed by atoms with Gasteiger partial charge in [0.1, 0.15) is 22.2 Å². The number of sulfone groups is 1. The standard InChI is InChI=1S/C21H26ClN7O4S/c22-15-1-2-16(28-11-25-26-27-28)14(7-15)10-24-20(30)18-9-13-8-17(13)29(18)21(31)19(23)12-3-5-34(32,33)6-4-12/h1-2,7,11-13,17-19H,3-6,8-10,23H2,(H,24,30)/t13-,17-,18-,19?/m0/s1. The minimum atomic E-state index is -3.05. The van der Waals surface area contributed by atoms with E-state index in [0.29, 0.717) is 35.9 Å². The molecule has 182 valence electrons. The van der Waals surface area contributed by atoms with E-state index in [-0.39, 0.29) is 41.8 Å². The smallest absolute Gasteiger partial charge is 0.243 e. The number of amides is 2. The van der Waals surface area contributed by atoms with E-state index in [1.54, 1.807) is 23.1 Å². The molecule has 4 atom stereocenters. The first-order valence-electron chi connectivity index (χ1n) is 11.3. The number of hydrogen-bond acceptors (Lipinski definition) is 8. The normalized spacial score (nSPS) is 26.6. The molecule has 0 radical (unpaired) electrons. The van der Waals surface area contributed by atoms with Crippen molar-refractivity contribution in [2.45, 2.75) is 50.4 Å². The number of carbonyl (C=O) groups is 2. The summed E-state index contributed by atoms with van der Waals surface area (Å²) in [6.07, 6.45) is 3.69. The maximum absolute atomic E-state index is 13.3. The molecule has 1 aliphatic carbocycles. The molecule has 1 unspecified atom stereocenters. The Kier molecular flexibility index (Phi) is 6.07. The molecule has 3 aliphatic rings. The van der Waals surface area contributed by atoms with Gasteiger partial charge in [0.2, 0.25) is 11.8 Å². The van der Waals surface area contributed by atoms with Crippen molar-refractivity contribution >= 4 is 33.3 Å². The van der Waals surface area contributed by atoms with E-state index < -0.39 is 21.9 Å². The van der Waals surface area contributed by atoms with E-state index in [4.69, 9.17) is 17.3 Å². The van der Waals surface area contributed by atoms with Crippen LogP contribution in [0.5, 0.6) is 0 Å². The van der Waals surface area contributed by atoms with Crippen LogP contribution < -0.4 is 11.1 Å². The van der Waals surface area contributed by atoms with Crippen molar-refractivity contribution in [2.75, 3.05) is 11.5 Å². The summed E-state index contributed by atoms with van der Waals surface area (Å²) in [5.74, 6) is -0.284. The summed E-state index contributed by atoms with van der Waals surface area (Å²) < 4.78 is 25.0. The number of hydrogen-bond donors (Lipinski definition) is 2. The molecule has 1 saturated carbocycles. The molecule has 34 heavy (non-hydrogen) atoms. The lowest BCUT2D eigenvalue weighted by atomic mass is 9.93. The number of fused-ring (bicyclic) bond motifs is 1. The van der Waals surface area contributed by atoms with E-state index in [1.165, 1.54) is 11.0 Å². The van der Waals surface area contributed by atoms with Crippen molar-refractivity contribution in [3.05, 3.63) is 35.1 Å². The molecule has 1 aromatic carbocycles. The minimum absolute atomic E-state index is 0.0320. The molecule has 3 N–H and O–H groups in total. The predicted octanol–water partition coefficient (Wildman–Crippen LogP) is 0.0734. The van der Waals surface area contributed by atoms with Crippen LogP contribution in [0.15, 0.2) is 24.5 Å². The Morgan fingerprint density at radius 3 is 2.71 bits per heavy atom. The number of aromatic nitrogens is 4. The van der Waals surface area contributed by atoms with Crippen LogP contribution in [-0.4, -0.2) is 75.0 Å². The van der Waals surface area contributed by atoms with Crippen LogP contribution in [0.4, 0.5) is 0 Å². The van der Waals surface area contributed by atoms with Crippen molar-refractivity contribution in [3.8, 4) is 5.69 Å². The van der Waals surface area contributed by atoms with E-state index in [1.807, 2.05) is 0 Å². The highest BCUT2D eigenvalue weighted by molar-refractivity contribution is 7.91. The average molecular weight is 508 g/mol. The van der Waals surface area contributed by atoms with Gasteiger partial charge in [-0.05, 0) is 71.7 Å². The van der Waals surface area contributed by atoms with Gasteiger partial charge < -0.3 is 16.0 Å². The number of benzene rings is 1. The molecule has 5 rings (SSSR count). The summed E-state index contributed by atoms with van der Waals surface area (Å²) in [7, 11) is -3.05. The minimum Gasteiger partial charge on any atom is -0.350 e. The molecule has 2 aliphatic heterocycles. The molecule has 2 aromatic rings. The fourth-order valence-electron chi connectivity index (χ4n) is 5.14. The van der Waals surface area contributed by atoms with Gasteiger partial charge in [0.25, 0.3) is 0 Å². The third-order valence-electron chi connectivity index (χ3n) is 7.14. The quantitative estimate of drug-likeness (QED) is 0.557. The molecule has 0 spiro atoms. The molecule has 3 heterocycles. The van der Waals surface area contributed by atoms with Crippen molar-refractivity contribution < 1.29 is 18.0 Å². The van der Waals surface area contributed by atoms with Crippen LogP contribution >= 0.6 is 11.6 Å². The molecular weight excluding hydrogens is 482 g/mol. The number of nitrogens with two attached hydrogens (primary N) is 1. The van der Waals surface area contributed by atoms with Gasteiger partial charge in [-0.1, -0.05) is 11.6 Å². The van der Waals surface area contributed by atoms with Crippen molar-refractivity contribution in [1.82, 2.24) is 30.4 Å². The van der Waals surface area contributed by atoms with Gasteiger partial charge in [-0.25, -0.2) is 13.1 Å². The van der Waals surface area contributed by atoms with E-state index in [0.717, 1.165) is 12.0 Å². The Morgan fingerprint density at radius 1 is 1.24 bits per heavy atom. The number of likely N-dealkylation sites (tertiary alicyclic amines) is 1. The maximum Gasteiger partial charge on any atom is 0.243 e. The first kappa shape index (κ1) is 23.2. The Bertz CT molecular complexity index is 1190. The van der Waals surface area contributed by atoms with Gasteiger partial charge in [-0.2, -0.15) is 0 Å². The highest BCUT2D eigenvalue weighted by Gasteiger charge is 2.57. The summed E-state index contributed by atoms with van der Waals surface area (Å²) in [6, 6.07) is 3.86. The fourth-order valence-corrected chi connectivity index (χ4v) is 6.86. The molecule has 11 nitrogen and oxygen atoms in total. The zero-order chi connectivity index (χ0) is 24.0. The number of rotatable bonds is 6. The Labute approximate surface area is 201 Å². The first-order valence-corrected chi connectivity index (χ1v) is 13.5. The molecule has 13 heteroatoms. The van der Waals surface area contributed by atoms with E-state index in [9.17, 15) is 18.0 Å². The number of carbonyl (C=O) groups excluding carboxylic acids is 2. The molecule has 0 bridgehead atoms. The third kappa shape index (κ3) is 4.53. The zero-order valence-electron chi connectivity index (χ0n) is 18.4. The van der Waals surface area contributed by atoms with Crippen LogP contribution in [0.25, 0.3) is 5.69 Å². The highest BCUT2D eigenvalue weighted by atomic mass is 35.5. The van der Waals surface area contributed by atoms with Crippen LogP contribution in [0.3, 0.4) is 0 Å². The lowest BCUT2D eigenvalue weighted by Crippen LogP contribution is -2.55. The number of nitrogens with one attached hydrogen (secondary N) is 1. The maximum atomic E-state index is 13.3. The van der Waals surface area contributed by atoms with E-state index >= 15 is 0 Å². The summed E-state index contributed by atoms with van der Waals surface area (Å²) in [5, 5.41) is 14.6. The monoisotopic (exact) mass is 507 g/mol. The molecule has 2 saturated heterocycles. The van der Waals surface area contributed by atoms with Gasteiger partial charge >= 0.3 is 0 Å². The Balaban J connectivity index is 1.27. The lowest BCUT2D eigenvalue weighted by molar-refractivity contribution is -0.141. The third-order valence-corrected chi connectivity index (χ3v) is 9.09. The van der Waals surface area contributed by atoms with Gasteiger partial charge in [-0.3, -0.25) is 9.59 Å². The molecule has 3 fully saturated rings. The summed E-state index contributed by atoms with van der Waals surface area (Å²) >= 11 is 6.16. The number of tetrazole rings is 1. The van der Waals surface area contributed by atoms with Crippen LogP contribution in [0, 0.1) is 11.8 Å². The van der Waals surface area contributed by atoms with E-state index in [2.05, 4.69) is 20.8 Å². The summed E-state index contributed by atoms with van der Waals surface area (Å²) in [5.41, 5.74) is 7.72. The second kappa shape index (κ2) is 8.90. The largest absolute Gasteiger partial charge is 0.350 e. The van der Waals surface area contributed by atoms with Crippen LogP contribution in [0.2, 0.25) is 5.02 Å². The Hall–Kier alpha value is -2.57. The van der Waals surface area contributed by atoms with Crippen molar-refractivity contribution in [1.29, 1.82) is 0 Å². The van der Waals surface area contributed by atoms with Crippen molar-refractivity contribution in [2.24, 2.45) is 17.6 Å². The lowest BCUT2D eigenvalue weighted by Gasteiger charge is -2.33. The second-order valence-electron chi connectivity index (χ2n) is 9.32. The average Bonchev–Trinajstić information content (AvgIpc) is 3.20. The summed E-state index contributed by atoms with van der Waals surface area (Å²) in [6.45, 7) is 0.189. The number of piperidine rings is 1. The van der Waals surface area contributed by atoms with Crippen molar-refractivity contribution in [3.63, 3.8) is 0 Å². The number of halogens is 1. The molecule has 1 aromatic heterocycles. The van der Waals surface area contributed by atoms with Gasteiger partial charge in [0, 0.05) is 17.6 Å². The SMILES string of the molecule is NC(C(=O)N1[C@H](C(=O)NCc2cc(Cl)ccc2-n2cnnn2)C[C@@H]2C[C@@H]21)C1CCS(=O)(=O)CC1. The highest BCUT2D eigenvalue weighted by Crippen LogP contribution is 2.48. The Morgan fingerprint density at radius 2 is 2.00 bits per heavy atom. The van der Waals surface area contributed by atoms with Gasteiger partial charge in [-0.15, -0.1) is 5.10 Å². The predicted molar refractivity (Wildman–Crippen MR) is 123 cm³/mol. The van der Waals surface area contributed by atoms with Crippen LogP contribution in [0.1, 0.15) is 31.2 Å².